The van der Waals surface area contributed by atoms with E-state index in [2.05, 4.69) is 43.6 Å². The normalized spacial score (nSPS) is 14.9. The fourth-order valence-corrected chi connectivity index (χ4v) is 3.92. The van der Waals surface area contributed by atoms with Gasteiger partial charge in [-0.1, -0.05) is 15.9 Å². The van der Waals surface area contributed by atoms with Crippen molar-refractivity contribution in [3.05, 3.63) is 59.2 Å². The molecule has 0 radical (unpaired) electrons. The van der Waals surface area contributed by atoms with Crippen molar-refractivity contribution in [2.75, 3.05) is 30.8 Å². The Bertz CT molecular complexity index is 1040. The van der Waals surface area contributed by atoms with Gasteiger partial charge in [-0.3, -0.25) is 4.68 Å². The van der Waals surface area contributed by atoms with Crippen molar-refractivity contribution in [3.63, 3.8) is 0 Å². The summed E-state index contributed by atoms with van der Waals surface area (Å²) < 4.78 is 9.15. The van der Waals surface area contributed by atoms with Gasteiger partial charge >= 0.3 is 6.03 Å². The molecule has 162 valence electrons. The summed E-state index contributed by atoms with van der Waals surface area (Å²) in [7, 11) is 4.03. The van der Waals surface area contributed by atoms with Crippen LogP contribution in [-0.4, -0.2) is 47.0 Å². The molecule has 7 nitrogen and oxygen atoms in total. The predicted molar refractivity (Wildman–Crippen MR) is 127 cm³/mol. The molecule has 0 saturated carbocycles. The number of hydrogen-bond donors (Lipinski definition) is 2. The van der Waals surface area contributed by atoms with Crippen molar-refractivity contribution in [2.24, 2.45) is 7.05 Å². The summed E-state index contributed by atoms with van der Waals surface area (Å²) in [4.78, 5) is 14.8. The lowest BCUT2D eigenvalue weighted by Crippen LogP contribution is -2.35. The molecular weight excluding hydrogens is 458 g/mol. The van der Waals surface area contributed by atoms with Gasteiger partial charge < -0.3 is 20.3 Å². The van der Waals surface area contributed by atoms with Crippen LogP contribution in [0.5, 0.6) is 5.75 Å². The number of carbonyl (C=O) groups is 1. The second-order valence-electron chi connectivity index (χ2n) is 7.76. The number of amides is 2. The lowest BCUT2D eigenvalue weighted by molar-refractivity contribution is 0.115. The van der Waals surface area contributed by atoms with E-state index in [-0.39, 0.29) is 12.1 Å². The number of urea groups is 1. The Balaban J connectivity index is 1.53. The van der Waals surface area contributed by atoms with E-state index >= 15 is 0 Å². The second-order valence-corrected chi connectivity index (χ2v) is 8.67. The third-order valence-electron chi connectivity index (χ3n) is 5.40. The number of rotatable bonds is 5. The molecule has 8 heteroatoms. The van der Waals surface area contributed by atoms with Crippen LogP contribution < -0.4 is 15.4 Å². The summed E-state index contributed by atoms with van der Waals surface area (Å²) in [6, 6.07) is 14.8. The van der Waals surface area contributed by atoms with Crippen LogP contribution in [0.1, 0.15) is 12.8 Å². The number of carbonyl (C=O) groups excluding carboxylic acids is 1. The maximum Gasteiger partial charge on any atom is 0.323 e. The van der Waals surface area contributed by atoms with Crippen LogP contribution in [0.3, 0.4) is 0 Å². The average molecular weight is 484 g/mol. The van der Waals surface area contributed by atoms with E-state index < -0.39 is 0 Å². The Labute approximate surface area is 190 Å². The molecular formula is C23H26BrN5O2. The highest BCUT2D eigenvalue weighted by Crippen LogP contribution is 2.34. The number of likely N-dealkylation sites (tertiary alicyclic amines) is 1. The number of anilines is 2. The van der Waals surface area contributed by atoms with Crippen LogP contribution in [0.25, 0.3) is 11.3 Å². The molecule has 2 amide bonds. The van der Waals surface area contributed by atoms with Gasteiger partial charge in [0.1, 0.15) is 11.9 Å². The van der Waals surface area contributed by atoms with Crippen LogP contribution in [0.4, 0.5) is 16.2 Å². The molecule has 0 unspecified atom stereocenters. The molecule has 2 aromatic carbocycles. The molecule has 2 N–H and O–H groups in total. The quantitative estimate of drug-likeness (QED) is 0.537. The first-order valence-corrected chi connectivity index (χ1v) is 11.1. The topological polar surface area (TPSA) is 71.4 Å². The zero-order valence-electron chi connectivity index (χ0n) is 17.6. The third-order valence-corrected chi connectivity index (χ3v) is 5.92. The smallest absolute Gasteiger partial charge is 0.323 e. The number of nitrogens with one attached hydrogen (secondary N) is 2. The van der Waals surface area contributed by atoms with Crippen LogP contribution in [0.2, 0.25) is 0 Å². The van der Waals surface area contributed by atoms with Crippen molar-refractivity contribution < 1.29 is 9.53 Å². The number of nitrogens with zero attached hydrogens (tertiary/aromatic N) is 3. The minimum atomic E-state index is -0.303. The van der Waals surface area contributed by atoms with Crippen molar-refractivity contribution in [3.8, 4) is 17.0 Å². The number of aryl methyl sites for hydroxylation is 1. The molecule has 3 aromatic rings. The van der Waals surface area contributed by atoms with Gasteiger partial charge in [0.25, 0.3) is 0 Å². The first kappa shape index (κ1) is 21.4. The van der Waals surface area contributed by atoms with Crippen molar-refractivity contribution in [1.29, 1.82) is 0 Å². The van der Waals surface area contributed by atoms with E-state index in [1.54, 1.807) is 6.20 Å². The Morgan fingerprint density at radius 3 is 2.39 bits per heavy atom. The zero-order valence-corrected chi connectivity index (χ0v) is 19.2. The highest BCUT2D eigenvalue weighted by Gasteiger charge is 2.20. The molecule has 0 spiro atoms. The molecule has 0 aliphatic carbocycles. The summed E-state index contributed by atoms with van der Waals surface area (Å²) >= 11 is 3.39. The molecule has 0 bridgehead atoms. The number of aromatic nitrogens is 2. The van der Waals surface area contributed by atoms with Gasteiger partial charge in [-0.25, -0.2) is 4.79 Å². The number of benzene rings is 2. The fourth-order valence-electron chi connectivity index (χ4n) is 3.66. The monoisotopic (exact) mass is 483 g/mol. The summed E-state index contributed by atoms with van der Waals surface area (Å²) in [6.45, 7) is 2.06. The van der Waals surface area contributed by atoms with Crippen LogP contribution in [0.15, 0.2) is 59.2 Å². The standard InChI is InChI=1S/C23H26BrN5O2/c1-28-13-10-19(11-14-28)31-22-8-7-18(15-20(22)21-9-12-25-29(21)2)27-23(30)26-17-5-3-16(24)4-6-17/h3-9,12,15,19H,10-11,13-14H2,1-2H3,(H2,26,27,30). The van der Waals surface area contributed by atoms with E-state index in [9.17, 15) is 4.79 Å². The van der Waals surface area contributed by atoms with E-state index in [4.69, 9.17) is 4.74 Å². The molecule has 1 fully saturated rings. The fraction of sp³-hybridized carbons (Fsp3) is 0.304. The highest BCUT2D eigenvalue weighted by molar-refractivity contribution is 9.10. The Morgan fingerprint density at radius 1 is 1.03 bits per heavy atom. The SMILES string of the molecule is CN1CCC(Oc2ccc(NC(=O)Nc3ccc(Br)cc3)cc2-c2ccnn2C)CC1. The van der Waals surface area contributed by atoms with Crippen LogP contribution in [0, 0.1) is 0 Å². The number of halogens is 1. The summed E-state index contributed by atoms with van der Waals surface area (Å²) in [6.07, 6.45) is 3.94. The van der Waals surface area contributed by atoms with Gasteiger partial charge in [0.15, 0.2) is 0 Å². The van der Waals surface area contributed by atoms with Gasteiger partial charge in [-0.05, 0) is 68.4 Å². The molecule has 2 heterocycles. The van der Waals surface area contributed by atoms with Crippen molar-refractivity contribution in [1.82, 2.24) is 14.7 Å². The molecule has 1 aromatic heterocycles. The third kappa shape index (κ3) is 5.45. The lowest BCUT2D eigenvalue weighted by Gasteiger charge is -2.30. The minimum absolute atomic E-state index is 0.183. The molecule has 1 aliphatic rings. The Morgan fingerprint density at radius 2 is 1.71 bits per heavy atom. The number of hydrogen-bond acceptors (Lipinski definition) is 4. The average Bonchev–Trinajstić information content (AvgIpc) is 3.18. The van der Waals surface area contributed by atoms with Crippen LogP contribution in [-0.2, 0) is 7.05 Å². The highest BCUT2D eigenvalue weighted by atomic mass is 79.9. The van der Waals surface area contributed by atoms with Gasteiger partial charge in [0.2, 0.25) is 0 Å². The first-order chi connectivity index (χ1) is 15.0. The molecule has 31 heavy (non-hydrogen) atoms. The Kier molecular flexibility index (Phi) is 6.58. The van der Waals surface area contributed by atoms with E-state index in [1.807, 2.05) is 60.3 Å². The molecule has 0 atom stereocenters. The van der Waals surface area contributed by atoms with E-state index in [1.165, 1.54) is 0 Å². The minimum Gasteiger partial charge on any atom is -0.490 e. The predicted octanol–water partition coefficient (Wildman–Crippen LogP) is 4.97. The second kappa shape index (κ2) is 9.53. The van der Waals surface area contributed by atoms with Crippen molar-refractivity contribution >= 4 is 33.3 Å². The van der Waals surface area contributed by atoms with Crippen LogP contribution >= 0.6 is 15.9 Å². The number of ether oxygens (including phenoxy) is 1. The summed E-state index contributed by atoms with van der Waals surface area (Å²) in [5.41, 5.74) is 3.23. The molecule has 4 rings (SSSR count). The molecule has 1 aliphatic heterocycles. The van der Waals surface area contributed by atoms with Gasteiger partial charge in [-0.15, -0.1) is 0 Å². The summed E-state index contributed by atoms with van der Waals surface area (Å²) in [5, 5.41) is 10.0. The van der Waals surface area contributed by atoms with E-state index in [0.717, 1.165) is 53.1 Å². The van der Waals surface area contributed by atoms with Crippen molar-refractivity contribution in [2.45, 2.75) is 18.9 Å². The lowest BCUT2D eigenvalue weighted by atomic mass is 10.1. The van der Waals surface area contributed by atoms with Gasteiger partial charge in [0.05, 0.1) is 5.69 Å². The maximum absolute atomic E-state index is 12.5. The number of piperidine rings is 1. The largest absolute Gasteiger partial charge is 0.490 e. The summed E-state index contributed by atoms with van der Waals surface area (Å²) in [5.74, 6) is 0.803. The maximum atomic E-state index is 12.5. The van der Waals surface area contributed by atoms with Gasteiger partial charge in [-0.2, -0.15) is 5.10 Å². The first-order valence-electron chi connectivity index (χ1n) is 10.3. The van der Waals surface area contributed by atoms with E-state index in [0.29, 0.717) is 5.69 Å². The molecule has 1 saturated heterocycles. The van der Waals surface area contributed by atoms with Gasteiger partial charge in [0, 0.05) is 47.7 Å². The zero-order chi connectivity index (χ0) is 21.8. The Hall–Kier alpha value is -2.84.